The zero-order valence-corrected chi connectivity index (χ0v) is 9.83. The number of hydrogen-bond donors (Lipinski definition) is 1. The fourth-order valence-corrected chi connectivity index (χ4v) is 1.38. The Labute approximate surface area is 102 Å². The molecule has 0 saturated carbocycles. The van der Waals surface area contributed by atoms with Crippen LogP contribution in [0.15, 0.2) is 6.33 Å². The Morgan fingerprint density at radius 1 is 1.56 bits per heavy atom. The van der Waals surface area contributed by atoms with Crippen LogP contribution in [0.3, 0.4) is 0 Å². The Bertz CT molecular complexity index is 415. The SMILES string of the molecule is CCOC(=O)c1ncn(CCCC(F)(F)F)c1N. The molecule has 1 aromatic rings. The van der Waals surface area contributed by atoms with E-state index in [9.17, 15) is 18.0 Å². The van der Waals surface area contributed by atoms with Crippen LogP contribution in [0.5, 0.6) is 0 Å². The van der Waals surface area contributed by atoms with Crippen molar-refractivity contribution >= 4 is 11.8 Å². The lowest BCUT2D eigenvalue weighted by molar-refractivity contribution is -0.135. The minimum Gasteiger partial charge on any atom is -0.461 e. The monoisotopic (exact) mass is 265 g/mol. The number of alkyl halides is 3. The first-order chi connectivity index (χ1) is 8.35. The molecule has 0 aliphatic carbocycles. The van der Waals surface area contributed by atoms with Gasteiger partial charge in [0.2, 0.25) is 0 Å². The molecule has 0 atom stereocenters. The standard InChI is InChI=1S/C10H14F3N3O2/c1-2-18-9(17)7-8(14)16(6-15-7)5-3-4-10(11,12)13/h6H,2-5,14H2,1H3. The molecule has 1 heterocycles. The number of aryl methyl sites for hydroxylation is 1. The molecule has 0 amide bonds. The van der Waals surface area contributed by atoms with Gasteiger partial charge < -0.3 is 15.0 Å². The Morgan fingerprint density at radius 3 is 2.78 bits per heavy atom. The summed E-state index contributed by atoms with van der Waals surface area (Å²) in [6, 6.07) is 0. The molecule has 5 nitrogen and oxygen atoms in total. The molecular formula is C10H14F3N3O2. The van der Waals surface area contributed by atoms with E-state index in [2.05, 4.69) is 4.98 Å². The largest absolute Gasteiger partial charge is 0.461 e. The molecule has 0 radical (unpaired) electrons. The summed E-state index contributed by atoms with van der Waals surface area (Å²) in [5, 5.41) is 0. The van der Waals surface area contributed by atoms with Gasteiger partial charge in [-0.3, -0.25) is 0 Å². The maximum absolute atomic E-state index is 12.0. The number of imidazole rings is 1. The molecule has 0 bridgehead atoms. The van der Waals surface area contributed by atoms with Crippen molar-refractivity contribution in [1.29, 1.82) is 0 Å². The topological polar surface area (TPSA) is 70.1 Å². The van der Waals surface area contributed by atoms with E-state index in [4.69, 9.17) is 10.5 Å². The molecule has 0 spiro atoms. The minimum atomic E-state index is -4.20. The van der Waals surface area contributed by atoms with Crippen LogP contribution >= 0.6 is 0 Å². The smallest absolute Gasteiger partial charge is 0.389 e. The Hall–Kier alpha value is -1.73. The predicted octanol–water partition coefficient (Wildman–Crippen LogP) is 1.98. The number of nitrogens with zero attached hydrogens (tertiary/aromatic N) is 2. The highest BCUT2D eigenvalue weighted by atomic mass is 19.4. The summed E-state index contributed by atoms with van der Waals surface area (Å²) in [7, 11) is 0. The molecule has 0 aromatic carbocycles. The second-order valence-corrected chi connectivity index (χ2v) is 3.61. The van der Waals surface area contributed by atoms with E-state index in [1.54, 1.807) is 6.92 Å². The molecule has 2 N–H and O–H groups in total. The van der Waals surface area contributed by atoms with E-state index in [-0.39, 0.29) is 31.1 Å². The second kappa shape index (κ2) is 5.74. The van der Waals surface area contributed by atoms with Gasteiger partial charge in [-0.15, -0.1) is 0 Å². The molecule has 0 saturated heterocycles. The summed E-state index contributed by atoms with van der Waals surface area (Å²) < 4.78 is 41.9. The lowest BCUT2D eigenvalue weighted by Crippen LogP contribution is -2.12. The number of carbonyl (C=O) groups is 1. The number of anilines is 1. The van der Waals surface area contributed by atoms with Crippen molar-refractivity contribution in [2.45, 2.75) is 32.5 Å². The number of aromatic nitrogens is 2. The lowest BCUT2D eigenvalue weighted by atomic mass is 10.3. The van der Waals surface area contributed by atoms with Crippen LogP contribution in [-0.2, 0) is 11.3 Å². The Morgan fingerprint density at radius 2 is 2.22 bits per heavy atom. The number of nitrogens with two attached hydrogens (primary N) is 1. The molecule has 0 aliphatic heterocycles. The molecule has 1 rings (SSSR count). The number of hydrogen-bond acceptors (Lipinski definition) is 4. The van der Waals surface area contributed by atoms with Gasteiger partial charge in [0, 0.05) is 13.0 Å². The van der Waals surface area contributed by atoms with Crippen LogP contribution in [0, 0.1) is 0 Å². The Kier molecular flexibility index (Phi) is 4.57. The van der Waals surface area contributed by atoms with Crippen LogP contribution in [-0.4, -0.2) is 28.3 Å². The van der Waals surface area contributed by atoms with E-state index >= 15 is 0 Å². The zero-order valence-electron chi connectivity index (χ0n) is 9.83. The number of ether oxygens (including phenoxy) is 1. The lowest BCUT2D eigenvalue weighted by Gasteiger charge is -2.07. The Balaban J connectivity index is 2.61. The van der Waals surface area contributed by atoms with Gasteiger partial charge in [-0.05, 0) is 13.3 Å². The summed E-state index contributed by atoms with van der Waals surface area (Å²) in [6.45, 7) is 1.87. The van der Waals surface area contributed by atoms with Gasteiger partial charge in [0.05, 0.1) is 12.9 Å². The first-order valence-corrected chi connectivity index (χ1v) is 5.39. The fraction of sp³-hybridized carbons (Fsp3) is 0.600. The van der Waals surface area contributed by atoms with Crippen molar-refractivity contribution in [2.75, 3.05) is 12.3 Å². The van der Waals surface area contributed by atoms with Gasteiger partial charge in [-0.2, -0.15) is 13.2 Å². The van der Waals surface area contributed by atoms with Crippen molar-refractivity contribution in [3.63, 3.8) is 0 Å². The van der Waals surface area contributed by atoms with Crippen LogP contribution in [0.4, 0.5) is 19.0 Å². The molecule has 0 aliphatic rings. The molecular weight excluding hydrogens is 251 g/mol. The van der Waals surface area contributed by atoms with Crippen molar-refractivity contribution in [2.24, 2.45) is 0 Å². The van der Waals surface area contributed by atoms with Crippen molar-refractivity contribution in [3.05, 3.63) is 12.0 Å². The van der Waals surface area contributed by atoms with Crippen LogP contribution in [0.25, 0.3) is 0 Å². The number of halogens is 3. The summed E-state index contributed by atoms with van der Waals surface area (Å²) in [5.41, 5.74) is 5.54. The highest BCUT2D eigenvalue weighted by Gasteiger charge is 2.26. The van der Waals surface area contributed by atoms with E-state index in [1.165, 1.54) is 10.9 Å². The number of nitrogen functional groups attached to an aromatic ring is 1. The van der Waals surface area contributed by atoms with Crippen molar-refractivity contribution in [3.8, 4) is 0 Å². The second-order valence-electron chi connectivity index (χ2n) is 3.61. The normalized spacial score (nSPS) is 11.6. The van der Waals surface area contributed by atoms with E-state index in [1.807, 2.05) is 0 Å². The summed E-state index contributed by atoms with van der Waals surface area (Å²) in [4.78, 5) is 15.1. The summed E-state index contributed by atoms with van der Waals surface area (Å²) in [5.74, 6) is -0.653. The van der Waals surface area contributed by atoms with Crippen molar-refractivity contribution in [1.82, 2.24) is 9.55 Å². The molecule has 1 aromatic heterocycles. The van der Waals surface area contributed by atoms with E-state index in [0.29, 0.717) is 0 Å². The third-order valence-electron chi connectivity index (χ3n) is 2.21. The molecule has 18 heavy (non-hydrogen) atoms. The van der Waals surface area contributed by atoms with Gasteiger partial charge in [0.15, 0.2) is 5.69 Å². The minimum absolute atomic E-state index is 0.0237. The van der Waals surface area contributed by atoms with Crippen LogP contribution in [0.2, 0.25) is 0 Å². The summed E-state index contributed by atoms with van der Waals surface area (Å²) >= 11 is 0. The van der Waals surface area contributed by atoms with Gasteiger partial charge in [0.1, 0.15) is 5.82 Å². The molecule has 102 valence electrons. The molecule has 0 fully saturated rings. The number of esters is 1. The van der Waals surface area contributed by atoms with Gasteiger partial charge in [-0.25, -0.2) is 9.78 Å². The maximum atomic E-state index is 12.0. The van der Waals surface area contributed by atoms with Crippen molar-refractivity contribution < 1.29 is 22.7 Å². The van der Waals surface area contributed by atoms with Gasteiger partial charge >= 0.3 is 12.1 Å². The highest BCUT2D eigenvalue weighted by Crippen LogP contribution is 2.22. The maximum Gasteiger partial charge on any atom is 0.389 e. The fourth-order valence-electron chi connectivity index (χ4n) is 1.38. The predicted molar refractivity (Wildman–Crippen MR) is 57.9 cm³/mol. The first-order valence-electron chi connectivity index (χ1n) is 5.39. The average molecular weight is 265 g/mol. The quantitative estimate of drug-likeness (QED) is 0.826. The number of rotatable bonds is 5. The van der Waals surface area contributed by atoms with Gasteiger partial charge in [0.25, 0.3) is 0 Å². The summed E-state index contributed by atoms with van der Waals surface area (Å²) in [6.07, 6.45) is -3.98. The van der Waals surface area contributed by atoms with E-state index in [0.717, 1.165) is 0 Å². The van der Waals surface area contributed by atoms with Gasteiger partial charge in [-0.1, -0.05) is 0 Å². The first kappa shape index (κ1) is 14.3. The zero-order chi connectivity index (χ0) is 13.8. The van der Waals surface area contributed by atoms with E-state index < -0.39 is 18.6 Å². The molecule has 8 heteroatoms. The highest BCUT2D eigenvalue weighted by molar-refractivity contribution is 5.92. The van der Waals surface area contributed by atoms with Crippen LogP contribution in [0.1, 0.15) is 30.3 Å². The average Bonchev–Trinajstić information content (AvgIpc) is 2.59. The number of carbonyl (C=O) groups excluding carboxylic acids is 1. The van der Waals surface area contributed by atoms with Crippen LogP contribution < -0.4 is 5.73 Å². The third-order valence-corrected chi connectivity index (χ3v) is 2.21. The third kappa shape index (κ3) is 3.94. The molecule has 0 unspecified atom stereocenters.